The Morgan fingerprint density at radius 1 is 1.28 bits per heavy atom. The first-order valence-corrected chi connectivity index (χ1v) is 10.1. The Hall–Kier alpha value is -2.34. The van der Waals surface area contributed by atoms with Crippen molar-refractivity contribution in [1.29, 1.82) is 0 Å². The zero-order valence-corrected chi connectivity index (χ0v) is 18.2. The molecule has 1 aromatic carbocycles. The molecule has 2 N–H and O–H groups in total. The molecule has 0 saturated heterocycles. The average molecular weight is 429 g/mol. The van der Waals surface area contributed by atoms with Gasteiger partial charge in [0.15, 0.2) is 5.60 Å². The number of carbonyl (C=O) groups is 1. The monoisotopic (exact) mass is 428 g/mol. The zero-order valence-electron chi connectivity index (χ0n) is 17.5. The van der Waals surface area contributed by atoms with Crippen molar-refractivity contribution < 1.29 is 18.3 Å². The van der Waals surface area contributed by atoms with Crippen LogP contribution in [0.5, 0.6) is 0 Å². The van der Waals surface area contributed by atoms with Crippen molar-refractivity contribution in [1.82, 2.24) is 5.32 Å². The van der Waals surface area contributed by atoms with Gasteiger partial charge in [0, 0.05) is 24.1 Å². The van der Waals surface area contributed by atoms with Gasteiger partial charge >= 0.3 is 6.03 Å². The minimum Gasteiger partial charge on any atom is -0.481 e. The van der Waals surface area contributed by atoms with Gasteiger partial charge in [-0.25, -0.2) is 13.6 Å². The fourth-order valence-corrected chi connectivity index (χ4v) is 2.70. The lowest BCUT2D eigenvalue weighted by Crippen LogP contribution is -2.51. The molecule has 1 aliphatic heterocycles. The van der Waals surface area contributed by atoms with Gasteiger partial charge in [-0.05, 0) is 25.1 Å². The Morgan fingerprint density at radius 3 is 2.34 bits per heavy atom. The van der Waals surface area contributed by atoms with E-state index in [1.165, 1.54) is 12.5 Å². The van der Waals surface area contributed by atoms with E-state index in [0.29, 0.717) is 11.3 Å². The Labute approximate surface area is 177 Å². The maximum atomic E-state index is 13.4. The van der Waals surface area contributed by atoms with Crippen LogP contribution < -0.4 is 10.6 Å². The second-order valence-corrected chi connectivity index (χ2v) is 5.80. The van der Waals surface area contributed by atoms with E-state index in [9.17, 15) is 13.6 Å². The van der Waals surface area contributed by atoms with Gasteiger partial charge < -0.3 is 15.4 Å². The van der Waals surface area contributed by atoms with Crippen molar-refractivity contribution in [2.24, 2.45) is 0 Å². The van der Waals surface area contributed by atoms with Gasteiger partial charge in [0.1, 0.15) is 19.1 Å². The molecular weight excluding hydrogens is 398 g/mol. The number of ether oxygens (including phenoxy) is 1. The highest BCUT2D eigenvalue weighted by Crippen LogP contribution is 2.34. The number of urea groups is 1. The minimum absolute atomic E-state index is 0.0147. The molecular formula is C22H31ClF2N2O2. The first kappa shape index (κ1) is 26.7. The summed E-state index contributed by atoms with van der Waals surface area (Å²) in [5.74, 6) is 0.268. The second-order valence-electron chi connectivity index (χ2n) is 5.80. The van der Waals surface area contributed by atoms with E-state index in [0.717, 1.165) is 0 Å². The SMILES string of the molecule is C=CC1=C(/C=C\C)C(NC(=O)Nc2ccccc2)CC(CF)(CF)O1.CC.CCl. The van der Waals surface area contributed by atoms with Crippen LogP contribution in [0.3, 0.4) is 0 Å². The molecule has 1 aromatic rings. The lowest BCUT2D eigenvalue weighted by atomic mass is 9.88. The van der Waals surface area contributed by atoms with Crippen LogP contribution in [0, 0.1) is 0 Å². The summed E-state index contributed by atoms with van der Waals surface area (Å²) in [6.45, 7) is 7.45. The summed E-state index contributed by atoms with van der Waals surface area (Å²) in [5.41, 5.74) is -0.368. The first-order valence-electron chi connectivity index (χ1n) is 9.38. The fourth-order valence-electron chi connectivity index (χ4n) is 2.70. The normalized spacial score (nSPS) is 17.1. The third-order valence-electron chi connectivity index (χ3n) is 3.92. The Kier molecular flexibility index (Phi) is 13.4. The third kappa shape index (κ3) is 7.89. The summed E-state index contributed by atoms with van der Waals surface area (Å²) < 4.78 is 32.4. The van der Waals surface area contributed by atoms with E-state index in [1.807, 2.05) is 19.9 Å². The second kappa shape index (κ2) is 14.6. The van der Waals surface area contributed by atoms with Crippen molar-refractivity contribution in [2.45, 2.75) is 38.8 Å². The molecule has 1 unspecified atom stereocenters. The highest BCUT2D eigenvalue weighted by molar-refractivity contribution is 6.15. The molecule has 7 heteroatoms. The van der Waals surface area contributed by atoms with Gasteiger partial charge in [-0.1, -0.05) is 50.8 Å². The summed E-state index contributed by atoms with van der Waals surface area (Å²) in [5, 5.41) is 5.47. The van der Waals surface area contributed by atoms with Gasteiger partial charge in [-0.15, -0.1) is 11.6 Å². The first-order chi connectivity index (χ1) is 14.1. The number of amides is 2. The van der Waals surface area contributed by atoms with Crippen LogP contribution in [-0.4, -0.2) is 37.4 Å². The van der Waals surface area contributed by atoms with E-state index < -0.39 is 31.0 Å². The van der Waals surface area contributed by atoms with E-state index in [4.69, 9.17) is 4.74 Å². The predicted octanol–water partition coefficient (Wildman–Crippen LogP) is 6.17. The number of allylic oxidation sites excluding steroid dienone is 2. The largest absolute Gasteiger partial charge is 0.481 e. The molecule has 1 heterocycles. The van der Waals surface area contributed by atoms with Crippen LogP contribution in [0.1, 0.15) is 27.2 Å². The van der Waals surface area contributed by atoms with Crippen molar-refractivity contribution in [2.75, 3.05) is 25.0 Å². The molecule has 0 fully saturated rings. The maximum Gasteiger partial charge on any atom is 0.319 e. The number of nitrogens with one attached hydrogen (secondary N) is 2. The lowest BCUT2D eigenvalue weighted by molar-refractivity contribution is -0.0530. The highest BCUT2D eigenvalue weighted by Gasteiger charge is 2.42. The summed E-state index contributed by atoms with van der Waals surface area (Å²) in [6.07, 6.45) is 6.37. The van der Waals surface area contributed by atoms with E-state index in [-0.39, 0.29) is 12.2 Å². The van der Waals surface area contributed by atoms with Gasteiger partial charge in [0.2, 0.25) is 0 Å². The maximum absolute atomic E-state index is 13.4. The number of rotatable bonds is 6. The smallest absolute Gasteiger partial charge is 0.319 e. The molecule has 1 aliphatic rings. The Balaban J connectivity index is 0.00000184. The molecule has 0 saturated carbocycles. The third-order valence-corrected chi connectivity index (χ3v) is 3.92. The van der Waals surface area contributed by atoms with E-state index in [1.54, 1.807) is 43.3 Å². The number of benzene rings is 1. The molecule has 29 heavy (non-hydrogen) atoms. The Morgan fingerprint density at radius 2 is 1.86 bits per heavy atom. The van der Waals surface area contributed by atoms with Gasteiger partial charge in [-0.2, -0.15) is 0 Å². The molecule has 162 valence electrons. The number of hydrogen-bond donors (Lipinski definition) is 2. The molecule has 0 spiro atoms. The standard InChI is InChI=1S/C19H22F2N2O2.C2H6.CH3Cl/c1-3-8-15-16(11-19(12-20,13-21)25-17(15)4-2)23-18(24)22-14-9-6-5-7-10-14;2*1-2/h3-10,16H,2,11-13H2,1H3,(H2,22,23,24);1-2H3;1H3/b8-3-;;. The minimum atomic E-state index is -1.61. The quantitative estimate of drug-likeness (QED) is 0.532. The van der Waals surface area contributed by atoms with Crippen LogP contribution in [0.2, 0.25) is 0 Å². The van der Waals surface area contributed by atoms with Crippen LogP contribution in [-0.2, 0) is 4.74 Å². The molecule has 0 radical (unpaired) electrons. The van der Waals surface area contributed by atoms with Crippen molar-refractivity contribution in [3.8, 4) is 0 Å². The summed E-state index contributed by atoms with van der Waals surface area (Å²) in [4.78, 5) is 12.3. The van der Waals surface area contributed by atoms with Gasteiger partial charge in [0.25, 0.3) is 0 Å². The molecule has 0 aromatic heterocycles. The number of para-hydroxylation sites is 1. The number of hydrogen-bond acceptors (Lipinski definition) is 2. The van der Waals surface area contributed by atoms with Crippen molar-refractivity contribution in [3.05, 3.63) is 66.5 Å². The average Bonchev–Trinajstić information content (AvgIpc) is 2.78. The molecule has 1 atom stereocenters. The van der Waals surface area contributed by atoms with Crippen LogP contribution in [0.25, 0.3) is 0 Å². The molecule has 4 nitrogen and oxygen atoms in total. The van der Waals surface area contributed by atoms with Crippen LogP contribution in [0.15, 0.2) is 66.5 Å². The number of anilines is 1. The van der Waals surface area contributed by atoms with Gasteiger partial charge in [0.05, 0.1) is 6.04 Å². The zero-order chi connectivity index (χ0) is 22.3. The lowest BCUT2D eigenvalue weighted by Gasteiger charge is -2.39. The fraction of sp³-hybridized carbons (Fsp3) is 0.409. The van der Waals surface area contributed by atoms with Gasteiger partial charge in [-0.3, -0.25) is 0 Å². The van der Waals surface area contributed by atoms with E-state index >= 15 is 0 Å². The van der Waals surface area contributed by atoms with E-state index in [2.05, 4.69) is 28.8 Å². The molecule has 2 amide bonds. The molecule has 0 aliphatic carbocycles. The van der Waals surface area contributed by atoms with Crippen LogP contribution >= 0.6 is 11.6 Å². The van der Waals surface area contributed by atoms with Crippen molar-refractivity contribution >= 4 is 23.3 Å². The number of alkyl halides is 3. The topological polar surface area (TPSA) is 50.4 Å². The highest BCUT2D eigenvalue weighted by atomic mass is 35.5. The molecule has 0 bridgehead atoms. The number of halogens is 3. The molecule has 2 rings (SSSR count). The summed E-state index contributed by atoms with van der Waals surface area (Å²) in [6, 6.07) is 7.85. The predicted molar refractivity (Wildman–Crippen MR) is 118 cm³/mol. The number of carbonyl (C=O) groups excluding carboxylic acids is 1. The van der Waals surface area contributed by atoms with Crippen molar-refractivity contribution in [3.63, 3.8) is 0 Å². The Bertz CT molecular complexity index is 675. The summed E-state index contributed by atoms with van der Waals surface area (Å²) >= 11 is 4.64. The summed E-state index contributed by atoms with van der Waals surface area (Å²) in [7, 11) is 0. The van der Waals surface area contributed by atoms with Crippen LogP contribution in [0.4, 0.5) is 19.3 Å².